The molecule has 0 aliphatic carbocycles. The second-order valence-corrected chi connectivity index (χ2v) is 19.1. The Labute approximate surface area is 317 Å². The number of aliphatic hydroxyl groups excluding tert-OH is 1. The van der Waals surface area contributed by atoms with Gasteiger partial charge in [-0.3, -0.25) is 14.3 Å². The summed E-state index contributed by atoms with van der Waals surface area (Å²) in [5.41, 5.74) is 9.47. The molecule has 7 rings (SSSR count). The Balaban J connectivity index is 1.12. The van der Waals surface area contributed by atoms with Gasteiger partial charge in [0.25, 0.3) is 11.8 Å². The van der Waals surface area contributed by atoms with E-state index in [2.05, 4.69) is 31.6 Å². The van der Waals surface area contributed by atoms with Crippen LogP contribution in [0, 0.1) is 5.92 Å². The number of nitrogens with one attached hydrogen (secondary N) is 1. The van der Waals surface area contributed by atoms with Gasteiger partial charge in [0.05, 0.1) is 36.6 Å². The van der Waals surface area contributed by atoms with Gasteiger partial charge >= 0.3 is 0 Å². The van der Waals surface area contributed by atoms with Crippen LogP contribution in [-0.4, -0.2) is 53.0 Å². The zero-order valence-electron chi connectivity index (χ0n) is 29.7. The van der Waals surface area contributed by atoms with Crippen LogP contribution in [0.15, 0.2) is 108 Å². The van der Waals surface area contributed by atoms with Crippen LogP contribution in [0.2, 0.25) is 18.6 Å². The van der Waals surface area contributed by atoms with Gasteiger partial charge < -0.3 is 29.9 Å². The summed E-state index contributed by atoms with van der Waals surface area (Å²) >= 11 is 3.61. The highest BCUT2D eigenvalue weighted by molar-refractivity contribution is 9.10. The van der Waals surface area contributed by atoms with Gasteiger partial charge in [-0.1, -0.05) is 70.5 Å². The minimum Gasteiger partial charge on any atom is -0.399 e. The second-order valence-electron chi connectivity index (χ2n) is 14.4. The van der Waals surface area contributed by atoms with Crippen molar-refractivity contribution in [3.8, 4) is 0 Å². The van der Waals surface area contributed by atoms with Gasteiger partial charge in [-0.25, -0.2) is 0 Å². The molecule has 13 heteroatoms. The third-order valence-corrected chi connectivity index (χ3v) is 13.5. The zero-order chi connectivity index (χ0) is 37.5. The van der Waals surface area contributed by atoms with E-state index in [9.17, 15) is 14.7 Å². The van der Waals surface area contributed by atoms with E-state index in [-0.39, 0.29) is 30.9 Å². The molecule has 1 aromatic heterocycles. The van der Waals surface area contributed by atoms with Crippen LogP contribution in [-0.2, 0) is 28.2 Å². The molecule has 1 unspecified atom stereocenters. The molecular weight excluding hydrogens is 755 g/mol. The Morgan fingerprint density at radius 2 is 1.79 bits per heavy atom. The van der Waals surface area contributed by atoms with Crippen molar-refractivity contribution < 1.29 is 23.5 Å². The number of hydrogen-bond donors (Lipinski definition) is 3. The molecule has 0 radical (unpaired) electrons. The molecule has 5 aromatic rings. The number of aromatic nitrogens is 3. The van der Waals surface area contributed by atoms with E-state index >= 15 is 4.11 Å². The van der Waals surface area contributed by atoms with Gasteiger partial charge in [0, 0.05) is 51.2 Å². The maximum absolute atomic E-state index is 16.4. The van der Waals surface area contributed by atoms with Crippen LogP contribution in [0.5, 0.6) is 0 Å². The smallest absolute Gasteiger partial charge is 0.264 e. The summed E-state index contributed by atoms with van der Waals surface area (Å²) in [5.74, 6) is -1.24. The average molecular weight is 798 g/mol. The quantitative estimate of drug-likeness (QED) is 0.0720. The number of aryl methyl sites for hydroxylation is 1. The molecule has 4 N–H and O–H groups in total. The Hall–Kier alpha value is -4.69. The first-order valence-electron chi connectivity index (χ1n) is 17.7. The van der Waals surface area contributed by atoms with Gasteiger partial charge in [-0.05, 0) is 85.2 Å². The number of benzene rings is 4. The van der Waals surface area contributed by atoms with E-state index in [0.29, 0.717) is 35.6 Å². The summed E-state index contributed by atoms with van der Waals surface area (Å²) in [6.07, 6.45) is 1.69. The van der Waals surface area contributed by atoms with Gasteiger partial charge in [-0.2, -0.15) is 0 Å². The SMILES string of the molecule is C[C@@H]1[C@@H]([Si](C)(C)F)[C@H](CCn2cc(C(CO)c3ccccc3)nn2)O[C@@]12C(=O)N(Cc1ccc(NC(=O)c3ccc(N)cc3)cc1)c1ccc(Br)cc12. The molecule has 10 nitrogen and oxygen atoms in total. The normalized spacial score (nSPS) is 21.6. The number of nitrogen functional groups attached to an aromatic ring is 1. The maximum atomic E-state index is 16.4. The van der Waals surface area contributed by atoms with Crippen molar-refractivity contribution in [3.63, 3.8) is 0 Å². The lowest BCUT2D eigenvalue weighted by molar-refractivity contribution is -0.146. The number of halogens is 2. The van der Waals surface area contributed by atoms with Crippen LogP contribution in [0.3, 0.4) is 0 Å². The fraction of sp³-hybridized carbons (Fsp3) is 0.300. The Morgan fingerprint density at radius 1 is 1.08 bits per heavy atom. The van der Waals surface area contributed by atoms with Crippen molar-refractivity contribution in [1.82, 2.24) is 15.0 Å². The molecule has 1 fully saturated rings. The molecule has 2 aliphatic heterocycles. The van der Waals surface area contributed by atoms with E-state index in [1.54, 1.807) is 59.1 Å². The minimum absolute atomic E-state index is 0.114. The van der Waals surface area contributed by atoms with Crippen molar-refractivity contribution in [2.75, 3.05) is 22.6 Å². The summed E-state index contributed by atoms with van der Waals surface area (Å²) < 4.78 is 25.8. The van der Waals surface area contributed by atoms with Crippen molar-refractivity contribution in [2.24, 2.45) is 5.92 Å². The number of ether oxygens (including phenoxy) is 1. The number of rotatable bonds is 11. The monoisotopic (exact) mass is 796 g/mol. The number of amides is 2. The number of nitrogens with zero attached hydrogens (tertiary/aromatic N) is 4. The molecule has 53 heavy (non-hydrogen) atoms. The summed E-state index contributed by atoms with van der Waals surface area (Å²) in [6, 6.07) is 29.4. The largest absolute Gasteiger partial charge is 0.399 e. The van der Waals surface area contributed by atoms with Crippen molar-refractivity contribution >= 4 is 53.2 Å². The number of aliphatic hydroxyl groups is 1. The van der Waals surface area contributed by atoms with Crippen LogP contribution in [0.1, 0.15) is 52.0 Å². The van der Waals surface area contributed by atoms with Crippen LogP contribution in [0.25, 0.3) is 0 Å². The highest BCUT2D eigenvalue weighted by Gasteiger charge is 2.66. The van der Waals surface area contributed by atoms with Crippen LogP contribution < -0.4 is 16.0 Å². The molecule has 2 amide bonds. The molecule has 274 valence electrons. The van der Waals surface area contributed by atoms with Gasteiger partial charge in [-0.15, -0.1) is 5.10 Å². The molecular formula is C40H42BrFN6O4Si. The van der Waals surface area contributed by atoms with Crippen molar-refractivity contribution in [1.29, 1.82) is 0 Å². The standard InChI is InChI=1S/C40H42BrFN6O4Si/c1-25-37(53(2,3)42)36(19-20-47-23-34(45-46-47)32(24-49)27-7-5-4-6-8-27)52-40(25)33-21-29(41)13-18-35(33)48(39(40)51)22-26-9-16-31(17-10-26)44-38(50)28-11-14-30(43)15-12-28/h4-18,21,23,25,32,36-37,49H,19-20,22,24,43H2,1-3H3,(H,44,50)/t25-,32?,36+,37-,40+/m1/s1. The summed E-state index contributed by atoms with van der Waals surface area (Å²) in [5, 5.41) is 21.7. The number of carbonyl (C=O) groups is 2. The van der Waals surface area contributed by atoms with Gasteiger partial charge in [0.1, 0.15) is 0 Å². The lowest BCUT2D eigenvalue weighted by Crippen LogP contribution is -2.45. The lowest BCUT2D eigenvalue weighted by atomic mass is 9.82. The Morgan fingerprint density at radius 3 is 2.47 bits per heavy atom. The summed E-state index contributed by atoms with van der Waals surface area (Å²) in [4.78, 5) is 29.3. The molecule has 1 spiro atoms. The Bertz CT molecular complexity index is 2110. The van der Waals surface area contributed by atoms with E-state index in [1.807, 2.05) is 73.8 Å². The van der Waals surface area contributed by atoms with Crippen molar-refractivity contribution in [3.05, 3.63) is 136 Å². The molecule has 1 saturated heterocycles. The van der Waals surface area contributed by atoms with Gasteiger partial charge in [0.15, 0.2) is 5.60 Å². The highest BCUT2D eigenvalue weighted by atomic mass is 79.9. The van der Waals surface area contributed by atoms with E-state index < -0.39 is 31.6 Å². The van der Waals surface area contributed by atoms with Crippen LogP contribution >= 0.6 is 15.9 Å². The maximum Gasteiger partial charge on any atom is 0.264 e. The summed E-state index contributed by atoms with van der Waals surface area (Å²) in [6.45, 7) is 5.88. The van der Waals surface area contributed by atoms with E-state index in [1.165, 1.54) is 0 Å². The number of fused-ring (bicyclic) bond motifs is 2. The second kappa shape index (κ2) is 14.6. The minimum atomic E-state index is -3.38. The highest BCUT2D eigenvalue weighted by Crippen LogP contribution is 2.60. The topological polar surface area (TPSA) is 136 Å². The molecule has 0 saturated carbocycles. The average Bonchev–Trinajstić information content (AvgIpc) is 3.79. The third kappa shape index (κ3) is 7.06. The number of anilines is 3. The fourth-order valence-electron chi connectivity index (χ4n) is 8.06. The molecule has 2 aliphatic rings. The zero-order valence-corrected chi connectivity index (χ0v) is 32.3. The number of hydrogen-bond acceptors (Lipinski definition) is 7. The first kappa shape index (κ1) is 36.7. The predicted octanol–water partition coefficient (Wildman–Crippen LogP) is 7.41. The Kier molecular flexibility index (Phi) is 10.1. The fourth-order valence-corrected chi connectivity index (χ4v) is 11.0. The van der Waals surface area contributed by atoms with E-state index in [4.69, 9.17) is 10.5 Å². The third-order valence-electron chi connectivity index (χ3n) is 10.6. The number of nitrogens with two attached hydrogens (primary N) is 1. The summed E-state index contributed by atoms with van der Waals surface area (Å²) in [7, 11) is -3.38. The number of carbonyl (C=O) groups excluding carboxylic acids is 2. The van der Waals surface area contributed by atoms with Crippen molar-refractivity contribution in [2.45, 2.75) is 62.7 Å². The molecule has 4 aromatic carbocycles. The molecule has 5 atom stereocenters. The lowest BCUT2D eigenvalue weighted by Gasteiger charge is -2.31. The first-order valence-corrected chi connectivity index (χ1v) is 21.4. The molecule has 0 bridgehead atoms. The van der Waals surface area contributed by atoms with Gasteiger partial charge in [0.2, 0.25) is 8.41 Å². The van der Waals surface area contributed by atoms with Crippen LogP contribution in [0.4, 0.5) is 21.2 Å². The van der Waals surface area contributed by atoms with E-state index in [0.717, 1.165) is 26.9 Å². The molecule has 3 heterocycles. The predicted molar refractivity (Wildman–Crippen MR) is 209 cm³/mol. The first-order chi connectivity index (χ1) is 25.4.